The van der Waals surface area contributed by atoms with Crippen LogP contribution in [0.4, 0.5) is 5.69 Å². The first-order valence-corrected chi connectivity index (χ1v) is 9.53. The quantitative estimate of drug-likeness (QED) is 0.505. The highest BCUT2D eigenvalue weighted by Gasteiger charge is 2.38. The number of methoxy groups -OCH3 is 2. The predicted octanol–water partition coefficient (Wildman–Crippen LogP) is 4.66. The molecule has 0 unspecified atom stereocenters. The largest absolute Gasteiger partial charge is 0.465 e. The van der Waals surface area contributed by atoms with Crippen molar-refractivity contribution in [1.82, 2.24) is 0 Å². The van der Waals surface area contributed by atoms with E-state index in [1.807, 2.05) is 0 Å². The van der Waals surface area contributed by atoms with E-state index in [1.165, 1.54) is 37.3 Å². The second kappa shape index (κ2) is 8.73. The SMILES string of the molecule is COC(=O)C1=C(C)N(c2ccc(C(=O)OC)cc2)C(=O)C1=Cc1c(Cl)cccc1Cl. The van der Waals surface area contributed by atoms with Crippen molar-refractivity contribution in [2.75, 3.05) is 19.1 Å². The number of carbonyl (C=O) groups excluding carboxylic acids is 3. The molecule has 30 heavy (non-hydrogen) atoms. The molecule has 0 saturated carbocycles. The van der Waals surface area contributed by atoms with Gasteiger partial charge in [0.2, 0.25) is 0 Å². The highest BCUT2D eigenvalue weighted by atomic mass is 35.5. The summed E-state index contributed by atoms with van der Waals surface area (Å²) in [5.74, 6) is -1.61. The average Bonchev–Trinajstić information content (AvgIpc) is 2.99. The van der Waals surface area contributed by atoms with Crippen LogP contribution in [0.3, 0.4) is 0 Å². The molecule has 1 aliphatic heterocycles. The normalized spacial score (nSPS) is 15.0. The number of halogens is 2. The monoisotopic (exact) mass is 445 g/mol. The Morgan fingerprint density at radius 1 is 0.933 bits per heavy atom. The maximum Gasteiger partial charge on any atom is 0.340 e. The summed E-state index contributed by atoms with van der Waals surface area (Å²) in [6.07, 6.45) is 1.48. The first-order valence-electron chi connectivity index (χ1n) is 8.78. The van der Waals surface area contributed by atoms with Crippen LogP contribution in [0.15, 0.2) is 59.3 Å². The molecule has 154 valence electrons. The standard InChI is InChI=1S/C22H17Cl2NO5/c1-12-19(22(28)30-3)16(11-15-17(23)5-4-6-18(15)24)20(26)25(12)14-9-7-13(8-10-14)21(27)29-2/h4-11H,1-3H3. The molecular formula is C22H17Cl2NO5. The molecule has 0 aliphatic carbocycles. The summed E-state index contributed by atoms with van der Waals surface area (Å²) >= 11 is 12.5. The summed E-state index contributed by atoms with van der Waals surface area (Å²) in [5.41, 5.74) is 1.82. The molecular weight excluding hydrogens is 429 g/mol. The molecule has 1 amide bonds. The summed E-state index contributed by atoms with van der Waals surface area (Å²) in [5, 5.41) is 0.677. The Morgan fingerprint density at radius 3 is 2.03 bits per heavy atom. The molecule has 0 bridgehead atoms. The molecule has 0 aromatic heterocycles. The number of hydrogen-bond acceptors (Lipinski definition) is 5. The number of esters is 2. The lowest BCUT2D eigenvalue weighted by Gasteiger charge is -2.18. The molecule has 0 N–H and O–H groups in total. The Morgan fingerprint density at radius 2 is 1.50 bits per heavy atom. The lowest BCUT2D eigenvalue weighted by molar-refractivity contribution is -0.136. The van der Waals surface area contributed by atoms with Gasteiger partial charge in [-0.1, -0.05) is 29.3 Å². The van der Waals surface area contributed by atoms with Crippen LogP contribution >= 0.6 is 23.2 Å². The number of anilines is 1. The van der Waals surface area contributed by atoms with Gasteiger partial charge in [-0.25, -0.2) is 9.59 Å². The summed E-state index contributed by atoms with van der Waals surface area (Å²) in [7, 11) is 2.52. The minimum absolute atomic E-state index is 0.103. The third kappa shape index (κ3) is 3.84. The minimum atomic E-state index is -0.663. The Balaban J connectivity index is 2.13. The van der Waals surface area contributed by atoms with E-state index in [0.29, 0.717) is 32.6 Å². The molecule has 0 saturated heterocycles. The molecule has 1 aliphatic rings. The van der Waals surface area contributed by atoms with Gasteiger partial charge in [-0.15, -0.1) is 0 Å². The maximum absolute atomic E-state index is 13.3. The Kier molecular flexibility index (Phi) is 6.29. The van der Waals surface area contributed by atoms with E-state index >= 15 is 0 Å². The van der Waals surface area contributed by atoms with Crippen LogP contribution in [-0.2, 0) is 19.1 Å². The van der Waals surface area contributed by atoms with Gasteiger partial charge >= 0.3 is 11.9 Å². The molecule has 6 nitrogen and oxygen atoms in total. The van der Waals surface area contributed by atoms with Crippen LogP contribution in [0.25, 0.3) is 6.08 Å². The third-order valence-corrected chi connectivity index (χ3v) is 5.28. The van der Waals surface area contributed by atoms with Crippen molar-refractivity contribution in [2.24, 2.45) is 0 Å². The zero-order valence-corrected chi connectivity index (χ0v) is 17.9. The van der Waals surface area contributed by atoms with Crippen molar-refractivity contribution in [3.05, 3.63) is 80.5 Å². The van der Waals surface area contributed by atoms with E-state index in [9.17, 15) is 14.4 Å². The molecule has 2 aromatic rings. The van der Waals surface area contributed by atoms with E-state index in [1.54, 1.807) is 37.3 Å². The van der Waals surface area contributed by atoms with Gasteiger partial charge in [0.25, 0.3) is 5.91 Å². The lowest BCUT2D eigenvalue weighted by atomic mass is 10.0. The van der Waals surface area contributed by atoms with Crippen molar-refractivity contribution in [3.8, 4) is 0 Å². The van der Waals surface area contributed by atoms with Crippen LogP contribution in [-0.4, -0.2) is 32.1 Å². The number of ether oxygens (including phenoxy) is 2. The third-order valence-electron chi connectivity index (χ3n) is 4.62. The second-order valence-electron chi connectivity index (χ2n) is 6.32. The number of allylic oxidation sites excluding steroid dienone is 1. The van der Waals surface area contributed by atoms with Gasteiger partial charge in [-0.3, -0.25) is 9.69 Å². The number of rotatable bonds is 4. The zero-order valence-electron chi connectivity index (χ0n) is 16.4. The fourth-order valence-electron chi connectivity index (χ4n) is 3.15. The summed E-state index contributed by atoms with van der Waals surface area (Å²) < 4.78 is 9.58. The Labute approximate surface area is 183 Å². The first-order chi connectivity index (χ1) is 14.3. The minimum Gasteiger partial charge on any atom is -0.465 e. The van der Waals surface area contributed by atoms with Crippen LogP contribution < -0.4 is 4.90 Å². The summed E-state index contributed by atoms with van der Waals surface area (Å²) in [6.45, 7) is 1.63. The Bertz CT molecular complexity index is 1080. The van der Waals surface area contributed by atoms with Crippen molar-refractivity contribution < 1.29 is 23.9 Å². The molecule has 2 aromatic carbocycles. The van der Waals surface area contributed by atoms with E-state index in [4.69, 9.17) is 27.9 Å². The van der Waals surface area contributed by atoms with Gasteiger partial charge in [0.05, 0.1) is 30.9 Å². The fourth-order valence-corrected chi connectivity index (χ4v) is 3.65. The Hall–Kier alpha value is -3.09. The van der Waals surface area contributed by atoms with Crippen molar-refractivity contribution in [2.45, 2.75) is 6.92 Å². The van der Waals surface area contributed by atoms with E-state index < -0.39 is 17.8 Å². The highest BCUT2D eigenvalue weighted by molar-refractivity contribution is 6.37. The van der Waals surface area contributed by atoms with Crippen LogP contribution in [0.1, 0.15) is 22.8 Å². The predicted molar refractivity (Wildman–Crippen MR) is 114 cm³/mol. The van der Waals surface area contributed by atoms with Gasteiger partial charge < -0.3 is 9.47 Å². The summed E-state index contributed by atoms with van der Waals surface area (Å²) in [6, 6.07) is 11.2. The molecule has 8 heteroatoms. The molecule has 0 spiro atoms. The van der Waals surface area contributed by atoms with Gasteiger partial charge in [0, 0.05) is 27.0 Å². The van der Waals surface area contributed by atoms with Gasteiger partial charge in [-0.2, -0.15) is 0 Å². The molecule has 3 rings (SSSR count). The first kappa shape index (κ1) is 21.6. The second-order valence-corrected chi connectivity index (χ2v) is 7.14. The molecule has 0 fully saturated rings. The smallest absolute Gasteiger partial charge is 0.340 e. The highest BCUT2D eigenvalue weighted by Crippen LogP contribution is 2.37. The number of nitrogens with zero attached hydrogens (tertiary/aromatic N) is 1. The number of hydrogen-bond donors (Lipinski definition) is 0. The molecule has 0 radical (unpaired) electrons. The molecule has 1 heterocycles. The van der Waals surface area contributed by atoms with E-state index in [-0.39, 0.29) is 11.1 Å². The van der Waals surface area contributed by atoms with Gasteiger partial charge in [0.1, 0.15) is 0 Å². The maximum atomic E-state index is 13.3. The zero-order chi connectivity index (χ0) is 22.0. The lowest BCUT2D eigenvalue weighted by Crippen LogP contribution is -2.24. The van der Waals surface area contributed by atoms with E-state index in [0.717, 1.165) is 0 Å². The fraction of sp³-hybridized carbons (Fsp3) is 0.136. The van der Waals surface area contributed by atoms with Gasteiger partial charge in [0.15, 0.2) is 0 Å². The van der Waals surface area contributed by atoms with Crippen LogP contribution in [0, 0.1) is 0 Å². The van der Waals surface area contributed by atoms with Gasteiger partial charge in [-0.05, 0) is 49.4 Å². The average molecular weight is 446 g/mol. The number of carbonyl (C=O) groups is 3. The summed E-state index contributed by atoms with van der Waals surface area (Å²) in [4.78, 5) is 38.8. The van der Waals surface area contributed by atoms with Crippen molar-refractivity contribution in [1.29, 1.82) is 0 Å². The number of amides is 1. The van der Waals surface area contributed by atoms with Crippen molar-refractivity contribution >= 4 is 52.8 Å². The van der Waals surface area contributed by atoms with E-state index in [2.05, 4.69) is 4.74 Å². The van der Waals surface area contributed by atoms with Crippen LogP contribution in [0.5, 0.6) is 0 Å². The van der Waals surface area contributed by atoms with Crippen molar-refractivity contribution in [3.63, 3.8) is 0 Å². The topological polar surface area (TPSA) is 72.9 Å². The molecule has 0 atom stereocenters. The number of benzene rings is 2. The van der Waals surface area contributed by atoms with Crippen LogP contribution in [0.2, 0.25) is 10.0 Å².